The maximum absolute atomic E-state index is 4.02. The molecule has 0 aromatic carbocycles. The molecule has 1 aliphatic rings. The predicted molar refractivity (Wildman–Crippen MR) is 58.4 cm³/mol. The fourth-order valence-corrected chi connectivity index (χ4v) is 1.62. The third kappa shape index (κ3) is 3.00. The molecule has 84 valence electrons. The second-order valence-electron chi connectivity index (χ2n) is 4.25. The second-order valence-corrected chi connectivity index (χ2v) is 4.25. The van der Waals surface area contributed by atoms with Crippen LogP contribution in [0.25, 0.3) is 0 Å². The monoisotopic (exact) mass is 209 g/mol. The van der Waals surface area contributed by atoms with E-state index in [-0.39, 0.29) is 0 Å². The Hall–Kier alpha value is -0.940. The third-order valence-electron chi connectivity index (χ3n) is 2.90. The van der Waals surface area contributed by atoms with Crippen LogP contribution in [0.3, 0.4) is 0 Å². The molecule has 0 spiro atoms. The Morgan fingerprint density at radius 2 is 2.40 bits per heavy atom. The van der Waals surface area contributed by atoms with Gasteiger partial charge in [-0.25, -0.2) is 0 Å². The number of hydrogen-bond acceptors (Lipinski definition) is 4. The standard InChI is InChI=1S/C10H19N5/c1-14(9-3-4-9)6-5-11-7-10-13-12-8-15(10)2/h8-9,11H,3-7H2,1-2H3. The van der Waals surface area contributed by atoms with Gasteiger partial charge < -0.3 is 14.8 Å². The number of likely N-dealkylation sites (N-methyl/N-ethyl adjacent to an activating group) is 1. The molecule has 0 bridgehead atoms. The number of nitrogens with one attached hydrogen (secondary N) is 1. The molecule has 1 aromatic rings. The molecule has 0 saturated heterocycles. The van der Waals surface area contributed by atoms with Crippen molar-refractivity contribution in [3.05, 3.63) is 12.2 Å². The molecule has 15 heavy (non-hydrogen) atoms. The first-order valence-corrected chi connectivity index (χ1v) is 5.51. The van der Waals surface area contributed by atoms with Gasteiger partial charge in [0.2, 0.25) is 0 Å². The Bertz CT molecular complexity index is 305. The summed E-state index contributed by atoms with van der Waals surface area (Å²) in [5.74, 6) is 0.990. The highest BCUT2D eigenvalue weighted by atomic mass is 15.3. The molecule has 0 atom stereocenters. The first kappa shape index (κ1) is 10.6. The minimum absolute atomic E-state index is 0.801. The van der Waals surface area contributed by atoms with Crippen molar-refractivity contribution in [2.24, 2.45) is 7.05 Å². The van der Waals surface area contributed by atoms with E-state index >= 15 is 0 Å². The van der Waals surface area contributed by atoms with Crippen molar-refractivity contribution >= 4 is 0 Å². The molecule has 5 heteroatoms. The van der Waals surface area contributed by atoms with Crippen LogP contribution in [0.15, 0.2) is 6.33 Å². The van der Waals surface area contributed by atoms with E-state index in [1.165, 1.54) is 12.8 Å². The molecule has 1 aliphatic carbocycles. The average Bonchev–Trinajstić information content (AvgIpc) is 2.99. The lowest BCUT2D eigenvalue weighted by Gasteiger charge is -2.15. The van der Waals surface area contributed by atoms with E-state index in [1.807, 2.05) is 11.6 Å². The van der Waals surface area contributed by atoms with Crippen LogP contribution in [-0.4, -0.2) is 45.8 Å². The van der Waals surface area contributed by atoms with E-state index in [4.69, 9.17) is 0 Å². The Labute approximate surface area is 90.5 Å². The predicted octanol–water partition coefficient (Wildman–Crippen LogP) is -0.00110. The number of aryl methyl sites for hydroxylation is 1. The van der Waals surface area contributed by atoms with Gasteiger partial charge in [0, 0.05) is 26.2 Å². The third-order valence-corrected chi connectivity index (χ3v) is 2.90. The van der Waals surface area contributed by atoms with Gasteiger partial charge in [0.25, 0.3) is 0 Å². The number of aromatic nitrogens is 3. The van der Waals surface area contributed by atoms with Crippen LogP contribution >= 0.6 is 0 Å². The first-order valence-electron chi connectivity index (χ1n) is 5.51. The van der Waals surface area contributed by atoms with Crippen molar-refractivity contribution in [3.63, 3.8) is 0 Å². The van der Waals surface area contributed by atoms with E-state index in [0.717, 1.165) is 31.5 Å². The zero-order chi connectivity index (χ0) is 10.7. The van der Waals surface area contributed by atoms with Gasteiger partial charge in [-0.05, 0) is 19.9 Å². The van der Waals surface area contributed by atoms with Crippen LogP contribution in [0, 0.1) is 0 Å². The van der Waals surface area contributed by atoms with Crippen LogP contribution in [0.4, 0.5) is 0 Å². The van der Waals surface area contributed by atoms with E-state index in [2.05, 4.69) is 27.5 Å². The largest absolute Gasteiger partial charge is 0.320 e. The summed E-state index contributed by atoms with van der Waals surface area (Å²) < 4.78 is 1.94. The summed E-state index contributed by atoms with van der Waals surface area (Å²) in [6, 6.07) is 0.849. The summed E-state index contributed by atoms with van der Waals surface area (Å²) in [6.07, 6.45) is 4.48. The van der Waals surface area contributed by atoms with Gasteiger partial charge in [-0.3, -0.25) is 0 Å². The molecule has 0 aliphatic heterocycles. The number of rotatable bonds is 6. The molecule has 0 amide bonds. The van der Waals surface area contributed by atoms with Gasteiger partial charge in [-0.2, -0.15) is 0 Å². The van der Waals surface area contributed by atoms with Gasteiger partial charge >= 0.3 is 0 Å². The highest BCUT2D eigenvalue weighted by molar-refractivity contribution is 4.84. The summed E-state index contributed by atoms with van der Waals surface area (Å²) >= 11 is 0. The van der Waals surface area contributed by atoms with Gasteiger partial charge in [0.15, 0.2) is 0 Å². The summed E-state index contributed by atoms with van der Waals surface area (Å²) in [4.78, 5) is 2.42. The van der Waals surface area contributed by atoms with Gasteiger partial charge in [-0.1, -0.05) is 0 Å². The Morgan fingerprint density at radius 3 is 3.00 bits per heavy atom. The Kier molecular flexibility index (Phi) is 3.33. The van der Waals surface area contributed by atoms with Crippen molar-refractivity contribution in [2.75, 3.05) is 20.1 Å². The van der Waals surface area contributed by atoms with E-state index in [9.17, 15) is 0 Å². The van der Waals surface area contributed by atoms with Crippen LogP contribution in [0.5, 0.6) is 0 Å². The molecule has 5 nitrogen and oxygen atoms in total. The molecule has 0 unspecified atom stereocenters. The molecule has 0 radical (unpaired) electrons. The molecule has 1 heterocycles. The highest BCUT2D eigenvalue weighted by Gasteiger charge is 2.25. The maximum atomic E-state index is 4.02. The zero-order valence-electron chi connectivity index (χ0n) is 9.48. The van der Waals surface area contributed by atoms with Crippen LogP contribution in [-0.2, 0) is 13.6 Å². The summed E-state index contributed by atoms with van der Waals surface area (Å²) in [5, 5.41) is 11.2. The Morgan fingerprint density at radius 1 is 1.60 bits per heavy atom. The van der Waals surface area contributed by atoms with E-state index in [1.54, 1.807) is 6.33 Å². The summed E-state index contributed by atoms with van der Waals surface area (Å²) in [7, 11) is 4.16. The van der Waals surface area contributed by atoms with Gasteiger partial charge in [0.1, 0.15) is 12.2 Å². The fourth-order valence-electron chi connectivity index (χ4n) is 1.62. The quantitative estimate of drug-likeness (QED) is 0.670. The first-order chi connectivity index (χ1) is 7.27. The van der Waals surface area contributed by atoms with Crippen LogP contribution in [0.2, 0.25) is 0 Å². The normalized spacial score (nSPS) is 16.2. The molecule has 1 saturated carbocycles. The lowest BCUT2D eigenvalue weighted by atomic mass is 10.5. The van der Waals surface area contributed by atoms with Crippen molar-refractivity contribution in [1.29, 1.82) is 0 Å². The lowest BCUT2D eigenvalue weighted by Crippen LogP contribution is -2.30. The van der Waals surface area contributed by atoms with Gasteiger partial charge in [-0.15, -0.1) is 10.2 Å². The molecule has 1 aromatic heterocycles. The molecular formula is C10H19N5. The van der Waals surface area contributed by atoms with E-state index < -0.39 is 0 Å². The van der Waals surface area contributed by atoms with Crippen molar-refractivity contribution in [3.8, 4) is 0 Å². The molecule has 2 rings (SSSR count). The minimum atomic E-state index is 0.801. The van der Waals surface area contributed by atoms with Crippen molar-refractivity contribution in [2.45, 2.75) is 25.4 Å². The second kappa shape index (κ2) is 4.72. The fraction of sp³-hybridized carbons (Fsp3) is 0.800. The number of nitrogens with zero attached hydrogens (tertiary/aromatic N) is 4. The molecular weight excluding hydrogens is 190 g/mol. The van der Waals surface area contributed by atoms with Gasteiger partial charge in [0.05, 0.1) is 6.54 Å². The summed E-state index contributed by atoms with van der Waals surface area (Å²) in [5.41, 5.74) is 0. The van der Waals surface area contributed by atoms with E-state index in [0.29, 0.717) is 0 Å². The van der Waals surface area contributed by atoms with Crippen molar-refractivity contribution < 1.29 is 0 Å². The van der Waals surface area contributed by atoms with Crippen LogP contribution in [0.1, 0.15) is 18.7 Å². The van der Waals surface area contributed by atoms with Crippen molar-refractivity contribution in [1.82, 2.24) is 25.0 Å². The highest BCUT2D eigenvalue weighted by Crippen LogP contribution is 2.24. The number of hydrogen-bond donors (Lipinski definition) is 1. The minimum Gasteiger partial charge on any atom is -0.320 e. The van der Waals surface area contributed by atoms with Crippen LogP contribution < -0.4 is 5.32 Å². The Balaban J connectivity index is 1.60. The molecule has 1 fully saturated rings. The smallest absolute Gasteiger partial charge is 0.146 e. The SMILES string of the molecule is CN(CCNCc1nncn1C)C1CC1. The lowest BCUT2D eigenvalue weighted by molar-refractivity contribution is 0.321. The topological polar surface area (TPSA) is 46.0 Å². The molecule has 1 N–H and O–H groups in total. The maximum Gasteiger partial charge on any atom is 0.146 e. The summed E-state index contributed by atoms with van der Waals surface area (Å²) in [6.45, 7) is 2.93. The average molecular weight is 209 g/mol. The zero-order valence-corrected chi connectivity index (χ0v) is 9.48.